The molecule has 0 radical (unpaired) electrons. The number of amides is 1. The van der Waals surface area contributed by atoms with Gasteiger partial charge in [-0.25, -0.2) is 9.37 Å². The van der Waals surface area contributed by atoms with Crippen LogP contribution in [0.5, 0.6) is 0 Å². The topological polar surface area (TPSA) is 71.5 Å². The van der Waals surface area contributed by atoms with Crippen molar-refractivity contribution in [2.45, 2.75) is 32.0 Å². The highest BCUT2D eigenvalue weighted by molar-refractivity contribution is 6.33. The number of hydrogen-bond acceptors (Lipinski definition) is 5. The standard InChI is InChI=1S/C21H20ClF4N3O3/c1-12(19(30)28-17-4-3-15(23)10-16(17)22)32-20(31)13-6-8-29(9-7-13)18-5-2-14(11-27-18)21(24,25)26/h2-5,10-13H,6-9H2,1H3,(H,28,30). The molecule has 1 aromatic heterocycles. The van der Waals surface area contributed by atoms with E-state index in [4.69, 9.17) is 16.3 Å². The molecule has 1 atom stereocenters. The van der Waals surface area contributed by atoms with Crippen molar-refractivity contribution in [3.63, 3.8) is 0 Å². The Morgan fingerprint density at radius 2 is 1.91 bits per heavy atom. The Bertz CT molecular complexity index is 977. The first-order valence-electron chi connectivity index (χ1n) is 9.79. The number of carbonyl (C=O) groups is 2. The second kappa shape index (κ2) is 9.72. The summed E-state index contributed by atoms with van der Waals surface area (Å²) in [6, 6.07) is 5.75. The maximum Gasteiger partial charge on any atom is 0.417 e. The van der Waals surface area contributed by atoms with Gasteiger partial charge in [0.2, 0.25) is 0 Å². The molecular weight excluding hydrogens is 454 g/mol. The summed E-state index contributed by atoms with van der Waals surface area (Å²) in [6.07, 6.45) is -3.96. The smallest absolute Gasteiger partial charge is 0.417 e. The van der Waals surface area contributed by atoms with Gasteiger partial charge in [0, 0.05) is 19.3 Å². The van der Waals surface area contributed by atoms with Gasteiger partial charge < -0.3 is 15.0 Å². The highest BCUT2D eigenvalue weighted by atomic mass is 35.5. The van der Waals surface area contributed by atoms with E-state index < -0.39 is 41.5 Å². The van der Waals surface area contributed by atoms with Crippen LogP contribution >= 0.6 is 11.6 Å². The average molecular weight is 474 g/mol. The zero-order chi connectivity index (χ0) is 23.5. The number of ether oxygens (including phenoxy) is 1. The number of benzene rings is 1. The van der Waals surface area contributed by atoms with Crippen LogP contribution in [-0.2, 0) is 20.5 Å². The maximum absolute atomic E-state index is 13.1. The number of nitrogens with zero attached hydrogens (tertiary/aromatic N) is 2. The monoisotopic (exact) mass is 473 g/mol. The van der Waals surface area contributed by atoms with Crippen molar-refractivity contribution in [2.75, 3.05) is 23.3 Å². The number of hydrogen-bond donors (Lipinski definition) is 1. The van der Waals surface area contributed by atoms with Gasteiger partial charge in [0.1, 0.15) is 11.6 Å². The van der Waals surface area contributed by atoms with Crippen molar-refractivity contribution in [2.24, 2.45) is 5.92 Å². The molecule has 0 saturated carbocycles. The summed E-state index contributed by atoms with van der Waals surface area (Å²) in [7, 11) is 0. The number of aromatic nitrogens is 1. The van der Waals surface area contributed by atoms with E-state index in [0.29, 0.717) is 31.7 Å². The lowest BCUT2D eigenvalue weighted by atomic mass is 9.97. The Kier molecular flexibility index (Phi) is 7.22. The highest BCUT2D eigenvalue weighted by Crippen LogP contribution is 2.30. The van der Waals surface area contributed by atoms with Crippen LogP contribution in [0.2, 0.25) is 5.02 Å². The molecule has 11 heteroatoms. The maximum atomic E-state index is 13.1. The van der Waals surface area contributed by atoms with E-state index in [1.165, 1.54) is 19.1 Å². The minimum Gasteiger partial charge on any atom is -0.452 e. The molecule has 1 aliphatic rings. The van der Waals surface area contributed by atoms with E-state index in [9.17, 15) is 27.2 Å². The van der Waals surface area contributed by atoms with E-state index in [1.807, 2.05) is 0 Å². The Labute approximate surface area is 186 Å². The first kappa shape index (κ1) is 23.8. The van der Waals surface area contributed by atoms with Gasteiger partial charge in [0.05, 0.1) is 22.2 Å². The van der Waals surface area contributed by atoms with Crippen molar-refractivity contribution in [3.8, 4) is 0 Å². The lowest BCUT2D eigenvalue weighted by molar-refractivity contribution is -0.158. The molecule has 1 saturated heterocycles. The van der Waals surface area contributed by atoms with Gasteiger partial charge in [-0.3, -0.25) is 9.59 Å². The summed E-state index contributed by atoms with van der Waals surface area (Å²) in [5.41, 5.74) is -0.632. The molecule has 1 fully saturated rings. The zero-order valence-corrected chi connectivity index (χ0v) is 17.7. The van der Waals surface area contributed by atoms with Gasteiger partial charge in [-0.05, 0) is 50.1 Å². The normalized spacial score (nSPS) is 15.9. The summed E-state index contributed by atoms with van der Waals surface area (Å²) >= 11 is 5.87. The lowest BCUT2D eigenvalue weighted by Gasteiger charge is -2.32. The SMILES string of the molecule is CC(OC(=O)C1CCN(c2ccc(C(F)(F)F)cn2)CC1)C(=O)Nc1ccc(F)cc1Cl. The van der Waals surface area contributed by atoms with Crippen LogP contribution in [-0.4, -0.2) is 36.1 Å². The number of alkyl halides is 3. The molecule has 2 aromatic rings. The molecule has 2 heterocycles. The summed E-state index contributed by atoms with van der Waals surface area (Å²) in [4.78, 5) is 30.4. The van der Waals surface area contributed by atoms with Gasteiger partial charge in [-0.2, -0.15) is 13.2 Å². The second-order valence-electron chi connectivity index (χ2n) is 7.36. The molecule has 0 bridgehead atoms. The van der Waals surface area contributed by atoms with Crippen LogP contribution in [0.25, 0.3) is 0 Å². The van der Waals surface area contributed by atoms with E-state index >= 15 is 0 Å². The predicted octanol–water partition coefficient (Wildman–Crippen LogP) is 4.68. The number of anilines is 2. The lowest BCUT2D eigenvalue weighted by Crippen LogP contribution is -2.39. The largest absolute Gasteiger partial charge is 0.452 e. The first-order chi connectivity index (χ1) is 15.0. The van der Waals surface area contributed by atoms with Gasteiger partial charge in [0.25, 0.3) is 5.91 Å². The van der Waals surface area contributed by atoms with Crippen molar-refractivity contribution in [1.82, 2.24) is 4.98 Å². The molecule has 0 aliphatic carbocycles. The molecule has 0 spiro atoms. The molecule has 3 rings (SSSR count). The molecule has 172 valence electrons. The fraction of sp³-hybridized carbons (Fsp3) is 0.381. The number of halogens is 5. The molecular formula is C21H20ClF4N3O3. The zero-order valence-electron chi connectivity index (χ0n) is 17.0. The number of piperidine rings is 1. The highest BCUT2D eigenvalue weighted by Gasteiger charge is 2.32. The van der Waals surface area contributed by atoms with Gasteiger partial charge in [-0.15, -0.1) is 0 Å². The predicted molar refractivity (Wildman–Crippen MR) is 110 cm³/mol. The molecule has 1 N–H and O–H groups in total. The third kappa shape index (κ3) is 5.87. The molecule has 32 heavy (non-hydrogen) atoms. The number of esters is 1. The van der Waals surface area contributed by atoms with E-state index in [1.54, 1.807) is 4.90 Å². The van der Waals surface area contributed by atoms with Crippen molar-refractivity contribution in [1.29, 1.82) is 0 Å². The fourth-order valence-electron chi connectivity index (χ4n) is 3.23. The van der Waals surface area contributed by atoms with Gasteiger partial charge in [-0.1, -0.05) is 11.6 Å². The summed E-state index contributed by atoms with van der Waals surface area (Å²) in [6.45, 7) is 2.22. The first-order valence-corrected chi connectivity index (χ1v) is 10.2. The van der Waals surface area contributed by atoms with E-state index in [0.717, 1.165) is 24.4 Å². The summed E-state index contributed by atoms with van der Waals surface area (Å²) in [5.74, 6) is -1.76. The van der Waals surface area contributed by atoms with Gasteiger partial charge >= 0.3 is 12.1 Å². The Morgan fingerprint density at radius 3 is 2.47 bits per heavy atom. The summed E-state index contributed by atoms with van der Waals surface area (Å²) in [5, 5.41) is 2.49. The molecule has 6 nitrogen and oxygen atoms in total. The molecule has 1 unspecified atom stereocenters. The number of carbonyl (C=O) groups excluding carboxylic acids is 2. The van der Waals surface area contributed by atoms with Crippen molar-refractivity contribution >= 4 is 35.0 Å². The quantitative estimate of drug-likeness (QED) is 0.504. The van der Waals surface area contributed by atoms with Crippen LogP contribution in [0.1, 0.15) is 25.3 Å². The van der Waals surface area contributed by atoms with Crippen molar-refractivity contribution in [3.05, 3.63) is 52.9 Å². The Hall–Kier alpha value is -2.88. The van der Waals surface area contributed by atoms with Crippen LogP contribution in [0.3, 0.4) is 0 Å². The van der Waals surface area contributed by atoms with Crippen molar-refractivity contribution < 1.29 is 31.9 Å². The number of nitrogens with one attached hydrogen (secondary N) is 1. The number of rotatable bonds is 5. The summed E-state index contributed by atoms with van der Waals surface area (Å²) < 4.78 is 56.4. The molecule has 1 aliphatic heterocycles. The third-order valence-corrected chi connectivity index (χ3v) is 5.39. The van der Waals surface area contributed by atoms with Gasteiger partial charge in [0.15, 0.2) is 6.10 Å². The third-order valence-electron chi connectivity index (χ3n) is 5.08. The van der Waals surface area contributed by atoms with Crippen LogP contribution in [0, 0.1) is 11.7 Å². The second-order valence-corrected chi connectivity index (χ2v) is 7.76. The van der Waals surface area contributed by atoms with Crippen LogP contribution in [0.15, 0.2) is 36.5 Å². The molecule has 1 amide bonds. The fourth-order valence-corrected chi connectivity index (χ4v) is 3.45. The average Bonchev–Trinajstić information content (AvgIpc) is 2.75. The van der Waals surface area contributed by atoms with E-state index in [-0.39, 0.29) is 10.7 Å². The van der Waals surface area contributed by atoms with E-state index in [2.05, 4.69) is 10.3 Å². The Morgan fingerprint density at radius 1 is 1.22 bits per heavy atom. The minimum atomic E-state index is -4.45. The Balaban J connectivity index is 1.50. The van der Waals surface area contributed by atoms with Crippen LogP contribution < -0.4 is 10.2 Å². The minimum absolute atomic E-state index is 0.0149. The van der Waals surface area contributed by atoms with Crippen LogP contribution in [0.4, 0.5) is 29.1 Å². The molecule has 1 aromatic carbocycles. The number of pyridine rings is 1.